The van der Waals surface area contributed by atoms with Gasteiger partial charge in [-0.05, 0) is 52.7 Å². The molecular formula is C30H22N2O6. The molecule has 0 unspecified atom stereocenters. The Balaban J connectivity index is 1.61. The number of ether oxygens (including phenoxy) is 3. The maximum atomic E-state index is 13.1. The molecule has 38 heavy (non-hydrogen) atoms. The molecule has 0 bridgehead atoms. The van der Waals surface area contributed by atoms with Crippen LogP contribution < -0.4 is 14.8 Å². The summed E-state index contributed by atoms with van der Waals surface area (Å²) in [5, 5.41) is 13.8. The molecule has 4 aromatic rings. The molecule has 0 aliphatic rings. The summed E-state index contributed by atoms with van der Waals surface area (Å²) in [6.07, 6.45) is 1.34. The zero-order chi connectivity index (χ0) is 27.1. The molecule has 0 aromatic heterocycles. The first kappa shape index (κ1) is 25.7. The molecular weight excluding hydrogens is 484 g/mol. The molecule has 0 radical (unpaired) electrons. The predicted molar refractivity (Wildman–Crippen MR) is 142 cm³/mol. The smallest absolute Gasteiger partial charge is 0.344 e. The van der Waals surface area contributed by atoms with E-state index in [1.165, 1.54) is 38.5 Å². The third-order valence-corrected chi connectivity index (χ3v) is 5.66. The van der Waals surface area contributed by atoms with Gasteiger partial charge in [0.05, 0.1) is 31.0 Å². The average Bonchev–Trinajstić information content (AvgIpc) is 2.95. The standard InChI is InChI=1S/C30H22N2O6/c1-36-26-15-14-19(16-21(18-31)28(33)32-25-13-6-5-11-24(25)29(34)37-2)17-27(26)38-30(35)23-12-7-9-20-8-3-4-10-22(20)23/h3-17H,1-2H3,(H,32,33). The van der Waals surface area contributed by atoms with Gasteiger partial charge in [0, 0.05) is 0 Å². The van der Waals surface area contributed by atoms with Crippen LogP contribution >= 0.6 is 0 Å². The highest BCUT2D eigenvalue weighted by molar-refractivity contribution is 6.12. The van der Waals surface area contributed by atoms with Crippen molar-refractivity contribution < 1.29 is 28.6 Å². The zero-order valence-electron chi connectivity index (χ0n) is 20.6. The summed E-state index contributed by atoms with van der Waals surface area (Å²) in [7, 11) is 2.67. The van der Waals surface area contributed by atoms with Gasteiger partial charge >= 0.3 is 11.9 Å². The Hall–Kier alpha value is -5.42. The normalized spacial score (nSPS) is 10.8. The van der Waals surface area contributed by atoms with Crippen molar-refractivity contribution in [3.63, 3.8) is 0 Å². The van der Waals surface area contributed by atoms with E-state index in [1.54, 1.807) is 36.4 Å². The first-order valence-corrected chi connectivity index (χ1v) is 11.4. The van der Waals surface area contributed by atoms with E-state index in [-0.39, 0.29) is 22.6 Å². The number of nitrogens with one attached hydrogen (secondary N) is 1. The van der Waals surface area contributed by atoms with Crippen molar-refractivity contribution in [1.29, 1.82) is 5.26 Å². The number of benzene rings is 4. The highest BCUT2D eigenvalue weighted by Gasteiger charge is 2.18. The van der Waals surface area contributed by atoms with E-state index < -0.39 is 17.8 Å². The number of methoxy groups -OCH3 is 2. The molecule has 0 spiro atoms. The highest BCUT2D eigenvalue weighted by atomic mass is 16.6. The topological polar surface area (TPSA) is 115 Å². The second-order valence-electron chi connectivity index (χ2n) is 7.99. The Morgan fingerprint density at radius 3 is 2.29 bits per heavy atom. The maximum absolute atomic E-state index is 13.1. The fraction of sp³-hybridized carbons (Fsp3) is 0.0667. The second-order valence-corrected chi connectivity index (χ2v) is 7.99. The third-order valence-electron chi connectivity index (χ3n) is 5.66. The molecule has 0 aliphatic carbocycles. The van der Waals surface area contributed by atoms with Crippen LogP contribution in [0.25, 0.3) is 16.8 Å². The summed E-state index contributed by atoms with van der Waals surface area (Å²) in [6, 6.07) is 25.6. The summed E-state index contributed by atoms with van der Waals surface area (Å²) in [5.74, 6) is -1.53. The number of hydrogen-bond donors (Lipinski definition) is 1. The average molecular weight is 507 g/mol. The monoisotopic (exact) mass is 506 g/mol. The molecule has 1 N–H and O–H groups in total. The molecule has 4 rings (SSSR count). The number of para-hydroxylation sites is 1. The molecule has 0 fully saturated rings. The molecule has 0 saturated heterocycles. The van der Waals surface area contributed by atoms with E-state index in [2.05, 4.69) is 5.32 Å². The van der Waals surface area contributed by atoms with Gasteiger partial charge in [0.15, 0.2) is 11.5 Å². The lowest BCUT2D eigenvalue weighted by molar-refractivity contribution is -0.112. The number of esters is 2. The summed E-state index contributed by atoms with van der Waals surface area (Å²) in [4.78, 5) is 37.9. The van der Waals surface area contributed by atoms with Gasteiger partial charge in [0.2, 0.25) is 0 Å². The summed E-state index contributed by atoms with van der Waals surface area (Å²) < 4.78 is 15.8. The molecule has 8 nitrogen and oxygen atoms in total. The van der Waals surface area contributed by atoms with Crippen molar-refractivity contribution in [1.82, 2.24) is 0 Å². The zero-order valence-corrected chi connectivity index (χ0v) is 20.6. The minimum Gasteiger partial charge on any atom is -0.493 e. The van der Waals surface area contributed by atoms with Crippen molar-refractivity contribution in [3.8, 4) is 17.6 Å². The lowest BCUT2D eigenvalue weighted by Crippen LogP contribution is -2.16. The molecule has 0 heterocycles. The lowest BCUT2D eigenvalue weighted by atomic mass is 10.0. The summed E-state index contributed by atoms with van der Waals surface area (Å²) >= 11 is 0. The van der Waals surface area contributed by atoms with E-state index in [1.807, 2.05) is 36.4 Å². The van der Waals surface area contributed by atoms with Crippen molar-refractivity contribution in [2.75, 3.05) is 19.5 Å². The van der Waals surface area contributed by atoms with E-state index in [0.717, 1.165) is 10.8 Å². The Labute approximate surface area is 218 Å². The van der Waals surface area contributed by atoms with Gasteiger partial charge in [-0.2, -0.15) is 5.26 Å². The van der Waals surface area contributed by atoms with E-state index in [0.29, 0.717) is 16.9 Å². The number of carbonyl (C=O) groups is 3. The first-order chi connectivity index (χ1) is 18.4. The van der Waals surface area contributed by atoms with Gasteiger partial charge in [-0.3, -0.25) is 4.79 Å². The Bertz CT molecular complexity index is 1610. The second kappa shape index (κ2) is 11.5. The third kappa shape index (κ3) is 5.53. The van der Waals surface area contributed by atoms with Crippen LogP contribution in [0.2, 0.25) is 0 Å². The fourth-order valence-electron chi connectivity index (χ4n) is 3.81. The number of carbonyl (C=O) groups excluding carboxylic acids is 3. The number of nitrogens with zero attached hydrogens (tertiary/aromatic N) is 1. The van der Waals surface area contributed by atoms with Crippen molar-refractivity contribution in [2.24, 2.45) is 0 Å². The molecule has 1 amide bonds. The molecule has 0 atom stereocenters. The number of hydrogen-bond acceptors (Lipinski definition) is 7. The summed E-state index contributed by atoms with van der Waals surface area (Å²) in [6.45, 7) is 0. The molecule has 8 heteroatoms. The van der Waals surface area contributed by atoms with Crippen LogP contribution in [0.5, 0.6) is 11.5 Å². The fourth-order valence-corrected chi connectivity index (χ4v) is 3.81. The number of anilines is 1. The quantitative estimate of drug-likeness (QED) is 0.154. The maximum Gasteiger partial charge on any atom is 0.344 e. The van der Waals surface area contributed by atoms with Crippen molar-refractivity contribution >= 4 is 40.4 Å². The van der Waals surface area contributed by atoms with Gasteiger partial charge in [0.1, 0.15) is 11.6 Å². The Morgan fingerprint density at radius 2 is 1.53 bits per heavy atom. The van der Waals surface area contributed by atoms with E-state index in [4.69, 9.17) is 14.2 Å². The van der Waals surface area contributed by atoms with Gasteiger partial charge in [-0.1, -0.05) is 54.6 Å². The van der Waals surface area contributed by atoms with Crippen LogP contribution in [-0.2, 0) is 9.53 Å². The van der Waals surface area contributed by atoms with Gasteiger partial charge in [-0.15, -0.1) is 0 Å². The lowest BCUT2D eigenvalue weighted by Gasteiger charge is -2.12. The number of nitriles is 1. The van der Waals surface area contributed by atoms with Gasteiger partial charge in [0.25, 0.3) is 5.91 Å². The van der Waals surface area contributed by atoms with E-state index >= 15 is 0 Å². The van der Waals surface area contributed by atoms with E-state index in [9.17, 15) is 19.6 Å². The largest absolute Gasteiger partial charge is 0.493 e. The van der Waals surface area contributed by atoms with Crippen molar-refractivity contribution in [2.45, 2.75) is 0 Å². The SMILES string of the molecule is COC(=O)c1ccccc1NC(=O)C(C#N)=Cc1ccc(OC)c(OC(=O)c2cccc3ccccc23)c1. The number of amides is 1. The van der Waals surface area contributed by atoms with Gasteiger partial charge < -0.3 is 19.5 Å². The molecule has 0 aliphatic heterocycles. The molecule has 188 valence electrons. The van der Waals surface area contributed by atoms with Crippen LogP contribution in [0.4, 0.5) is 5.69 Å². The summed E-state index contributed by atoms with van der Waals surface area (Å²) in [5.41, 5.74) is 0.908. The number of rotatable bonds is 7. The Morgan fingerprint density at radius 1 is 0.816 bits per heavy atom. The van der Waals surface area contributed by atoms with Crippen LogP contribution in [0.1, 0.15) is 26.3 Å². The van der Waals surface area contributed by atoms with Crippen LogP contribution in [-0.4, -0.2) is 32.1 Å². The molecule has 4 aromatic carbocycles. The molecule has 0 saturated carbocycles. The van der Waals surface area contributed by atoms with Crippen LogP contribution in [0, 0.1) is 11.3 Å². The van der Waals surface area contributed by atoms with Gasteiger partial charge in [-0.25, -0.2) is 9.59 Å². The highest BCUT2D eigenvalue weighted by Crippen LogP contribution is 2.31. The minimum atomic E-state index is -0.728. The van der Waals surface area contributed by atoms with Crippen LogP contribution in [0.3, 0.4) is 0 Å². The van der Waals surface area contributed by atoms with Crippen LogP contribution in [0.15, 0.2) is 90.5 Å². The predicted octanol–water partition coefficient (Wildman–Crippen LogP) is 5.40. The first-order valence-electron chi connectivity index (χ1n) is 11.4. The minimum absolute atomic E-state index is 0.118. The number of fused-ring (bicyclic) bond motifs is 1. The Kier molecular flexibility index (Phi) is 7.80. The van der Waals surface area contributed by atoms with Crippen molar-refractivity contribution in [3.05, 3.63) is 107 Å².